The Bertz CT molecular complexity index is 961. The van der Waals surface area contributed by atoms with E-state index in [-0.39, 0.29) is 11.4 Å². The van der Waals surface area contributed by atoms with E-state index in [2.05, 4.69) is 14.8 Å². The molecule has 1 amide bonds. The minimum Gasteiger partial charge on any atom is -0.468 e. The molecular formula is C19H24N2O6S. The summed E-state index contributed by atoms with van der Waals surface area (Å²) < 4.78 is 37.8. The summed E-state index contributed by atoms with van der Waals surface area (Å²) in [6.07, 6.45) is -0.772. The molecule has 0 bridgehead atoms. The number of amides is 1. The van der Waals surface area contributed by atoms with Gasteiger partial charge in [-0.25, -0.2) is 13.2 Å². The summed E-state index contributed by atoms with van der Waals surface area (Å²) in [5, 5.41) is 3.63. The van der Waals surface area contributed by atoms with E-state index in [1.807, 2.05) is 0 Å². The number of fused-ring (bicyclic) bond motifs is 1. The van der Waals surface area contributed by atoms with Crippen LogP contribution < -0.4 is 10.0 Å². The van der Waals surface area contributed by atoms with Crippen molar-refractivity contribution in [3.05, 3.63) is 42.5 Å². The van der Waals surface area contributed by atoms with E-state index >= 15 is 0 Å². The number of rotatable bonds is 6. The van der Waals surface area contributed by atoms with Crippen LogP contribution in [0, 0.1) is 0 Å². The summed E-state index contributed by atoms with van der Waals surface area (Å²) in [7, 11) is -2.93. The smallest absolute Gasteiger partial charge is 0.407 e. The van der Waals surface area contributed by atoms with Gasteiger partial charge in [-0.1, -0.05) is 36.4 Å². The molecule has 2 aromatic carbocycles. The number of benzene rings is 2. The maximum Gasteiger partial charge on any atom is 0.407 e. The quantitative estimate of drug-likeness (QED) is 0.709. The van der Waals surface area contributed by atoms with E-state index in [0.29, 0.717) is 5.39 Å². The zero-order valence-corrected chi connectivity index (χ0v) is 17.0. The van der Waals surface area contributed by atoms with Gasteiger partial charge in [-0.3, -0.25) is 4.79 Å². The lowest BCUT2D eigenvalue weighted by Crippen LogP contribution is -2.49. The average molecular weight is 408 g/mol. The van der Waals surface area contributed by atoms with Crippen molar-refractivity contribution in [3.8, 4) is 0 Å². The molecule has 1 atom stereocenters. The molecule has 9 heteroatoms. The molecule has 0 saturated carbocycles. The lowest BCUT2D eigenvalue weighted by atomic mass is 10.1. The standard InChI is InChI=1S/C19H24N2O6S/c1-19(2,3)27-18(23)20-12-15(17(22)26-4)21-28(24,25)16-11-7-9-13-8-5-6-10-14(13)16/h5-11,15,21H,12H2,1-4H3,(H,20,23). The Morgan fingerprint density at radius 3 is 2.36 bits per heavy atom. The fraction of sp³-hybridized carbons (Fsp3) is 0.368. The number of esters is 1. The van der Waals surface area contributed by atoms with E-state index in [1.165, 1.54) is 6.07 Å². The van der Waals surface area contributed by atoms with Gasteiger partial charge in [0.05, 0.1) is 12.0 Å². The van der Waals surface area contributed by atoms with Crippen LogP contribution in [0.5, 0.6) is 0 Å². The fourth-order valence-corrected chi connectivity index (χ4v) is 3.91. The van der Waals surface area contributed by atoms with Crippen LogP contribution in [-0.2, 0) is 24.3 Å². The van der Waals surface area contributed by atoms with Gasteiger partial charge in [-0.2, -0.15) is 4.72 Å². The van der Waals surface area contributed by atoms with E-state index in [4.69, 9.17) is 4.74 Å². The first-order valence-corrected chi connectivity index (χ1v) is 10.1. The largest absolute Gasteiger partial charge is 0.468 e. The van der Waals surface area contributed by atoms with Crippen LogP contribution in [0.3, 0.4) is 0 Å². The number of carbonyl (C=O) groups is 2. The Kier molecular flexibility index (Phi) is 6.63. The molecule has 0 fully saturated rings. The molecule has 2 rings (SSSR count). The third-order valence-electron chi connectivity index (χ3n) is 3.67. The van der Waals surface area contributed by atoms with Crippen LogP contribution in [0.25, 0.3) is 10.8 Å². The number of sulfonamides is 1. The molecule has 0 saturated heterocycles. The van der Waals surface area contributed by atoms with Gasteiger partial charge in [0.1, 0.15) is 11.6 Å². The Balaban J connectivity index is 2.23. The summed E-state index contributed by atoms with van der Waals surface area (Å²) in [5.74, 6) is -0.833. The summed E-state index contributed by atoms with van der Waals surface area (Å²) in [6.45, 7) is 4.74. The van der Waals surface area contributed by atoms with Crippen molar-refractivity contribution in [2.75, 3.05) is 13.7 Å². The number of hydrogen-bond acceptors (Lipinski definition) is 6. The van der Waals surface area contributed by atoms with Gasteiger partial charge in [0, 0.05) is 11.9 Å². The number of alkyl carbamates (subject to hydrolysis) is 1. The topological polar surface area (TPSA) is 111 Å². The highest BCUT2D eigenvalue weighted by atomic mass is 32.2. The van der Waals surface area contributed by atoms with Gasteiger partial charge in [0.15, 0.2) is 0 Å². The number of methoxy groups -OCH3 is 1. The summed E-state index contributed by atoms with van der Waals surface area (Å²) >= 11 is 0. The highest BCUT2D eigenvalue weighted by Crippen LogP contribution is 2.22. The van der Waals surface area contributed by atoms with Gasteiger partial charge in [0.25, 0.3) is 0 Å². The van der Waals surface area contributed by atoms with Crippen LogP contribution >= 0.6 is 0 Å². The number of nitrogens with one attached hydrogen (secondary N) is 2. The molecule has 0 heterocycles. The Morgan fingerprint density at radius 2 is 1.71 bits per heavy atom. The lowest BCUT2D eigenvalue weighted by molar-refractivity contribution is -0.142. The minimum atomic E-state index is -4.07. The molecule has 0 aliphatic rings. The zero-order chi connectivity index (χ0) is 20.9. The summed E-state index contributed by atoms with van der Waals surface area (Å²) in [5.41, 5.74) is -0.729. The number of hydrogen-bond donors (Lipinski definition) is 2. The van der Waals surface area contributed by atoms with Crippen molar-refractivity contribution in [1.82, 2.24) is 10.0 Å². The Morgan fingerprint density at radius 1 is 1.07 bits per heavy atom. The SMILES string of the molecule is COC(=O)C(CNC(=O)OC(C)(C)C)NS(=O)(=O)c1cccc2ccccc12. The third-order valence-corrected chi connectivity index (χ3v) is 5.20. The van der Waals surface area contributed by atoms with Crippen molar-refractivity contribution < 1.29 is 27.5 Å². The summed E-state index contributed by atoms with van der Waals surface area (Å²) in [6, 6.07) is 10.5. The highest BCUT2D eigenvalue weighted by Gasteiger charge is 2.28. The second-order valence-corrected chi connectivity index (χ2v) is 8.74. The predicted octanol–water partition coefficient (Wildman–Crippen LogP) is 2.18. The summed E-state index contributed by atoms with van der Waals surface area (Å²) in [4.78, 5) is 23.9. The molecule has 28 heavy (non-hydrogen) atoms. The minimum absolute atomic E-state index is 0.0248. The molecule has 0 radical (unpaired) electrons. The van der Waals surface area contributed by atoms with Crippen molar-refractivity contribution in [1.29, 1.82) is 0 Å². The van der Waals surface area contributed by atoms with E-state index in [9.17, 15) is 18.0 Å². The van der Waals surface area contributed by atoms with Crippen LogP contribution in [0.4, 0.5) is 4.79 Å². The second-order valence-electron chi connectivity index (χ2n) is 7.06. The van der Waals surface area contributed by atoms with Crippen molar-refractivity contribution in [2.45, 2.75) is 37.3 Å². The van der Waals surface area contributed by atoms with Gasteiger partial charge in [0.2, 0.25) is 10.0 Å². The van der Waals surface area contributed by atoms with Crippen LogP contribution in [0.2, 0.25) is 0 Å². The molecule has 152 valence electrons. The number of ether oxygens (including phenoxy) is 2. The zero-order valence-electron chi connectivity index (χ0n) is 16.2. The molecular weight excluding hydrogens is 384 g/mol. The molecule has 2 N–H and O–H groups in total. The van der Waals surface area contributed by atoms with E-state index in [1.54, 1.807) is 57.2 Å². The predicted molar refractivity (Wildman–Crippen MR) is 104 cm³/mol. The molecule has 0 spiro atoms. The molecule has 0 aromatic heterocycles. The van der Waals surface area contributed by atoms with Crippen molar-refractivity contribution in [2.24, 2.45) is 0 Å². The van der Waals surface area contributed by atoms with E-state index < -0.39 is 33.7 Å². The van der Waals surface area contributed by atoms with Crippen LogP contribution in [0.15, 0.2) is 47.4 Å². The highest BCUT2D eigenvalue weighted by molar-refractivity contribution is 7.89. The normalized spacial score (nSPS) is 13.0. The Labute approximate surface area is 164 Å². The first-order chi connectivity index (χ1) is 13.0. The van der Waals surface area contributed by atoms with Crippen molar-refractivity contribution in [3.63, 3.8) is 0 Å². The fourth-order valence-electron chi connectivity index (χ4n) is 2.50. The molecule has 2 aromatic rings. The number of carbonyl (C=O) groups excluding carboxylic acids is 2. The van der Waals surface area contributed by atoms with Gasteiger partial charge in [-0.05, 0) is 32.2 Å². The molecule has 8 nitrogen and oxygen atoms in total. The molecule has 1 unspecified atom stereocenters. The first-order valence-electron chi connectivity index (χ1n) is 8.58. The molecule has 0 aliphatic carbocycles. The Hall–Kier alpha value is -2.65. The third kappa shape index (κ3) is 5.67. The van der Waals surface area contributed by atoms with Gasteiger partial charge in [-0.15, -0.1) is 0 Å². The monoisotopic (exact) mass is 408 g/mol. The van der Waals surface area contributed by atoms with Crippen LogP contribution in [0.1, 0.15) is 20.8 Å². The first kappa shape index (κ1) is 21.6. The van der Waals surface area contributed by atoms with E-state index in [0.717, 1.165) is 12.5 Å². The molecule has 0 aliphatic heterocycles. The van der Waals surface area contributed by atoms with Crippen LogP contribution in [-0.4, -0.2) is 45.8 Å². The average Bonchev–Trinajstić information content (AvgIpc) is 2.62. The maximum absolute atomic E-state index is 12.9. The lowest BCUT2D eigenvalue weighted by Gasteiger charge is -2.22. The van der Waals surface area contributed by atoms with Crippen molar-refractivity contribution >= 4 is 32.9 Å². The second kappa shape index (κ2) is 8.57. The maximum atomic E-state index is 12.9. The van der Waals surface area contributed by atoms with Gasteiger partial charge >= 0.3 is 12.1 Å². The van der Waals surface area contributed by atoms with Gasteiger partial charge < -0.3 is 14.8 Å².